The lowest BCUT2D eigenvalue weighted by molar-refractivity contribution is 0.121. The molecule has 0 atom stereocenters. The van der Waals surface area contributed by atoms with E-state index in [-0.39, 0.29) is 0 Å². The molecule has 2 saturated heterocycles. The Morgan fingerprint density at radius 1 is 0.889 bits per heavy atom. The van der Waals surface area contributed by atoms with Crippen LogP contribution in [0.4, 0.5) is 11.9 Å². The van der Waals surface area contributed by atoms with E-state index in [1.807, 2.05) is 0 Å². The molecule has 0 aromatic carbocycles. The van der Waals surface area contributed by atoms with Gasteiger partial charge in [-0.3, -0.25) is 0 Å². The summed E-state index contributed by atoms with van der Waals surface area (Å²) < 4.78 is 10.9. The number of rotatable bonds is 4. The number of nitrogens with zero attached hydrogens (tertiary/aromatic N) is 7. The molecule has 4 heterocycles. The van der Waals surface area contributed by atoms with Crippen molar-refractivity contribution in [1.82, 2.24) is 19.9 Å². The van der Waals surface area contributed by atoms with Crippen molar-refractivity contribution in [2.45, 2.75) is 10.2 Å². The summed E-state index contributed by atoms with van der Waals surface area (Å²) in [5.74, 6) is 1.32. The maximum Gasteiger partial charge on any atom is 0.231 e. The molecule has 2 aromatic rings. The van der Waals surface area contributed by atoms with Gasteiger partial charge in [0.2, 0.25) is 17.1 Å². The smallest absolute Gasteiger partial charge is 0.231 e. The van der Waals surface area contributed by atoms with E-state index in [9.17, 15) is 0 Å². The summed E-state index contributed by atoms with van der Waals surface area (Å²) in [7, 11) is 0. The predicted octanol–water partition coefficient (Wildman–Crippen LogP) is 0.963. The lowest BCUT2D eigenvalue weighted by Gasteiger charge is -2.30. The second-order valence-electron chi connectivity index (χ2n) is 6.02. The van der Waals surface area contributed by atoms with Crippen LogP contribution in [0.2, 0.25) is 0 Å². The fourth-order valence-corrected chi connectivity index (χ4v) is 3.47. The van der Waals surface area contributed by atoms with E-state index in [0.29, 0.717) is 49.0 Å². The van der Waals surface area contributed by atoms with Gasteiger partial charge in [0.05, 0.1) is 32.0 Å². The first-order chi connectivity index (χ1) is 13.3. The number of anilines is 2. The maximum absolute atomic E-state index is 8.92. The number of aromatic nitrogens is 4. The van der Waals surface area contributed by atoms with Crippen LogP contribution in [0.5, 0.6) is 0 Å². The Labute approximate surface area is 161 Å². The minimum absolute atomic E-state index is 0.526. The molecule has 2 aromatic heterocycles. The normalized spacial score (nSPS) is 17.6. The summed E-state index contributed by atoms with van der Waals surface area (Å²) >= 11 is 1.36. The first-order valence-electron chi connectivity index (χ1n) is 8.77. The van der Waals surface area contributed by atoms with Crippen molar-refractivity contribution in [1.29, 1.82) is 5.26 Å². The Hall–Kier alpha value is -2.48. The lowest BCUT2D eigenvalue weighted by atomic mass is 10.3. The fraction of sp³-hybridized carbons (Fsp3) is 0.471. The highest BCUT2D eigenvalue weighted by Crippen LogP contribution is 2.26. The Morgan fingerprint density at radius 3 is 1.96 bits per heavy atom. The minimum atomic E-state index is 0.526. The summed E-state index contributed by atoms with van der Waals surface area (Å²) in [6.45, 7) is 5.68. The molecule has 0 spiro atoms. The first-order valence-corrected chi connectivity index (χ1v) is 9.59. The second-order valence-corrected chi connectivity index (χ2v) is 7.00. The van der Waals surface area contributed by atoms with Crippen molar-refractivity contribution in [3.05, 3.63) is 23.9 Å². The lowest BCUT2D eigenvalue weighted by Crippen LogP contribution is -2.40. The van der Waals surface area contributed by atoms with Gasteiger partial charge in [0.15, 0.2) is 0 Å². The van der Waals surface area contributed by atoms with Crippen molar-refractivity contribution < 1.29 is 9.47 Å². The summed E-state index contributed by atoms with van der Waals surface area (Å²) in [6, 6.07) is 5.61. The molecule has 9 nitrogen and oxygen atoms in total. The van der Waals surface area contributed by atoms with Gasteiger partial charge >= 0.3 is 0 Å². The van der Waals surface area contributed by atoms with Gasteiger partial charge in [0, 0.05) is 32.4 Å². The summed E-state index contributed by atoms with van der Waals surface area (Å²) in [5, 5.41) is 10.2. The van der Waals surface area contributed by atoms with Crippen LogP contribution in [0.3, 0.4) is 0 Å². The standard InChI is InChI=1S/C17H19N7O2S/c18-11-13-1-2-14(19-12-13)27-17-21-15(23-3-7-25-8-4-23)20-16(22-17)24-5-9-26-10-6-24/h1-2,12H,3-10H2. The first kappa shape index (κ1) is 17.9. The summed E-state index contributed by atoms with van der Waals surface area (Å²) in [6.07, 6.45) is 1.55. The molecule has 2 aliphatic heterocycles. The monoisotopic (exact) mass is 385 g/mol. The van der Waals surface area contributed by atoms with Crippen molar-refractivity contribution in [2.75, 3.05) is 62.4 Å². The fourth-order valence-electron chi connectivity index (χ4n) is 2.79. The van der Waals surface area contributed by atoms with Gasteiger partial charge in [-0.2, -0.15) is 20.2 Å². The van der Waals surface area contributed by atoms with E-state index in [0.717, 1.165) is 31.2 Å². The molecule has 0 saturated carbocycles. The van der Waals surface area contributed by atoms with Gasteiger partial charge in [0.1, 0.15) is 11.1 Å². The number of hydrogen-bond donors (Lipinski definition) is 0. The number of nitriles is 1. The number of hydrogen-bond acceptors (Lipinski definition) is 10. The molecule has 2 fully saturated rings. The zero-order valence-corrected chi connectivity index (χ0v) is 15.6. The molecule has 0 bridgehead atoms. The van der Waals surface area contributed by atoms with Crippen LogP contribution in [-0.4, -0.2) is 72.5 Å². The van der Waals surface area contributed by atoms with Crippen LogP contribution in [0, 0.1) is 11.3 Å². The summed E-state index contributed by atoms with van der Waals surface area (Å²) in [5.41, 5.74) is 0.526. The molecule has 0 aliphatic carbocycles. The highest BCUT2D eigenvalue weighted by Gasteiger charge is 2.21. The Bertz CT molecular complexity index is 779. The molecule has 0 N–H and O–H groups in total. The zero-order chi connectivity index (χ0) is 18.5. The number of morpholine rings is 2. The third kappa shape index (κ3) is 4.44. The molecule has 0 amide bonds. The quantitative estimate of drug-likeness (QED) is 0.756. The highest BCUT2D eigenvalue weighted by atomic mass is 32.2. The van der Waals surface area contributed by atoms with E-state index in [2.05, 4.69) is 30.8 Å². The molecular formula is C17H19N7O2S. The zero-order valence-electron chi connectivity index (χ0n) is 14.7. The maximum atomic E-state index is 8.92. The largest absolute Gasteiger partial charge is 0.378 e. The molecule has 0 radical (unpaired) electrons. The Balaban J connectivity index is 1.62. The molecule has 10 heteroatoms. The minimum Gasteiger partial charge on any atom is -0.378 e. The Kier molecular flexibility index (Phi) is 5.62. The van der Waals surface area contributed by atoms with Gasteiger partial charge in [-0.1, -0.05) is 0 Å². The van der Waals surface area contributed by atoms with Gasteiger partial charge in [0.25, 0.3) is 0 Å². The average Bonchev–Trinajstić information content (AvgIpc) is 2.75. The third-order valence-corrected chi connectivity index (χ3v) is 5.06. The van der Waals surface area contributed by atoms with Gasteiger partial charge in [-0.25, -0.2) is 4.98 Å². The van der Waals surface area contributed by atoms with Crippen LogP contribution in [0.15, 0.2) is 28.5 Å². The van der Waals surface area contributed by atoms with E-state index in [4.69, 9.17) is 19.7 Å². The summed E-state index contributed by atoms with van der Waals surface area (Å²) in [4.78, 5) is 22.5. The SMILES string of the molecule is N#Cc1ccc(Sc2nc(N3CCOCC3)nc(N3CCOCC3)n2)nc1. The van der Waals surface area contributed by atoms with Gasteiger partial charge in [-0.05, 0) is 23.9 Å². The molecule has 2 aliphatic rings. The van der Waals surface area contributed by atoms with Crippen molar-refractivity contribution in [2.24, 2.45) is 0 Å². The van der Waals surface area contributed by atoms with Crippen molar-refractivity contribution in [3.63, 3.8) is 0 Å². The molecule has 140 valence electrons. The van der Waals surface area contributed by atoms with Crippen molar-refractivity contribution >= 4 is 23.7 Å². The van der Waals surface area contributed by atoms with Crippen LogP contribution in [-0.2, 0) is 9.47 Å². The van der Waals surface area contributed by atoms with Crippen LogP contribution >= 0.6 is 11.8 Å². The van der Waals surface area contributed by atoms with Crippen molar-refractivity contribution in [3.8, 4) is 6.07 Å². The Morgan fingerprint density at radius 2 is 1.48 bits per heavy atom. The second kappa shape index (κ2) is 8.47. The van der Waals surface area contributed by atoms with E-state index >= 15 is 0 Å². The third-order valence-electron chi connectivity index (χ3n) is 4.24. The van der Waals surface area contributed by atoms with Crippen LogP contribution in [0.25, 0.3) is 0 Å². The number of ether oxygens (including phenoxy) is 2. The highest BCUT2D eigenvalue weighted by molar-refractivity contribution is 7.99. The average molecular weight is 385 g/mol. The van der Waals surface area contributed by atoms with Crippen LogP contribution in [0.1, 0.15) is 5.56 Å². The van der Waals surface area contributed by atoms with Gasteiger partial charge < -0.3 is 19.3 Å². The molecule has 27 heavy (non-hydrogen) atoms. The molecular weight excluding hydrogens is 366 g/mol. The van der Waals surface area contributed by atoms with E-state index < -0.39 is 0 Å². The van der Waals surface area contributed by atoms with Crippen LogP contribution < -0.4 is 9.80 Å². The molecule has 4 rings (SSSR count). The predicted molar refractivity (Wildman–Crippen MR) is 99.0 cm³/mol. The number of pyridine rings is 1. The van der Waals surface area contributed by atoms with E-state index in [1.165, 1.54) is 11.8 Å². The van der Waals surface area contributed by atoms with Gasteiger partial charge in [-0.15, -0.1) is 0 Å². The topological polar surface area (TPSA) is 100 Å². The van der Waals surface area contributed by atoms with E-state index in [1.54, 1.807) is 18.3 Å². The molecule has 0 unspecified atom stereocenters.